The molecule has 0 N–H and O–H groups in total. The molecule has 0 aliphatic carbocycles. The van der Waals surface area contributed by atoms with Gasteiger partial charge in [0.1, 0.15) is 17.5 Å². The van der Waals surface area contributed by atoms with Gasteiger partial charge in [-0.15, -0.1) is 77.3 Å². The van der Waals surface area contributed by atoms with Crippen molar-refractivity contribution in [2.45, 2.75) is 38.5 Å². The third-order valence-corrected chi connectivity index (χ3v) is 23.8. The molecule has 1 radical (unpaired) electrons. The summed E-state index contributed by atoms with van der Waals surface area (Å²) in [6.45, 7) is 24.1. The zero-order valence-corrected chi connectivity index (χ0v) is 80.9. The number of pyridine rings is 7. The third-order valence-electron chi connectivity index (χ3n) is 23.8. The van der Waals surface area contributed by atoms with Gasteiger partial charge < -0.3 is 58.1 Å². The predicted molar refractivity (Wildman–Crippen MR) is 517 cm³/mol. The van der Waals surface area contributed by atoms with E-state index in [2.05, 4.69) is 206 Å². The van der Waals surface area contributed by atoms with Crippen molar-refractivity contribution >= 4 is 119 Å². The van der Waals surface area contributed by atoms with Gasteiger partial charge in [-0.3, -0.25) is 34.8 Å². The number of aromatic nitrogens is 10. The predicted octanol–water partition coefficient (Wildman–Crippen LogP) is 22.7. The van der Waals surface area contributed by atoms with Gasteiger partial charge in [-0.1, -0.05) is 160 Å². The Bertz CT molecular complexity index is 7300. The van der Waals surface area contributed by atoms with Crippen molar-refractivity contribution in [2.75, 3.05) is 67.4 Å². The topological polar surface area (TPSA) is 203 Å². The second-order valence-corrected chi connectivity index (χ2v) is 32.7. The molecule has 15 heterocycles. The van der Waals surface area contributed by atoms with Crippen LogP contribution in [0, 0.1) is 98.6 Å². The van der Waals surface area contributed by atoms with Crippen LogP contribution in [0.5, 0.6) is 11.5 Å². The van der Waals surface area contributed by atoms with Crippen molar-refractivity contribution in [3.8, 4) is 46.5 Å². The van der Waals surface area contributed by atoms with Crippen LogP contribution in [0.2, 0.25) is 0 Å². The number of benzene rings is 9. The van der Waals surface area contributed by atoms with Crippen molar-refractivity contribution in [1.82, 2.24) is 53.9 Å². The van der Waals surface area contributed by atoms with Crippen LogP contribution in [-0.2, 0) is 73.1 Å². The van der Waals surface area contributed by atoms with E-state index in [0.717, 1.165) is 142 Å². The number of hydrogen-bond acceptors (Lipinski definition) is 20. The number of anilines is 13. The van der Waals surface area contributed by atoms with Gasteiger partial charge in [0.05, 0.1) is 47.0 Å². The standard InChI is InChI=1S/C35H27N5.C32H22N5O.3C14H10N4.Ir.2Pt/c1-34(2)23-13-10-14-24-31(23)40(32-25(34)17-19-27(37-32)22-11-6-5-7-12-22)33-26(35(24,3)4)18-20-30(38-33)39-21-36-28-15-8-9-16-29(28)39;1-35-22-36(21-31(35)28-12-4-6-17-33-28)23-9-8-10-24(19-23)38-25-15-16-27-26-11-2-3-13-29(26)37(30(27)20-25)32-14-5-7-18-34-32;1-15-11-6-7-12-13(9-11)18(10-17(12)2)14-5-3-4-8-16-14;2*1-17-10-18(14-4-2-3-7-16-14)13-8-11(9-15)5-6-12(13)17;;;/h5-11,13-20H,1-4H3;2-18,21-22H,1H3;3-4,6-10H,2H3;2*2-3,5-8,10H,1H3;;;/q-2;-3;3*-2;;;+2. The summed E-state index contributed by atoms with van der Waals surface area (Å²) in [5.41, 5.74) is 22.0. The Morgan fingerprint density at radius 2 is 0.993 bits per heavy atom. The largest absolute Gasteiger partial charge is 2.00 e. The summed E-state index contributed by atoms with van der Waals surface area (Å²) in [4.78, 5) is 58.7. The number of nitrogens with zero attached hydrogens (tertiary/aromatic N) is 22. The molecule has 18 aromatic rings. The maximum Gasteiger partial charge on any atom is 2.00 e. The minimum absolute atomic E-state index is 0. The average Bonchev–Trinajstić information content (AvgIpc) is 1.49. The van der Waals surface area contributed by atoms with Crippen molar-refractivity contribution < 1.29 is 67.0 Å². The van der Waals surface area contributed by atoms with Crippen molar-refractivity contribution in [2.24, 2.45) is 0 Å². The van der Waals surface area contributed by atoms with Gasteiger partial charge in [0.2, 0.25) is 0 Å². The van der Waals surface area contributed by atoms with Gasteiger partial charge >= 0.3 is 21.1 Å². The van der Waals surface area contributed by atoms with E-state index in [1.54, 1.807) is 31.0 Å². The summed E-state index contributed by atoms with van der Waals surface area (Å²) < 4.78 is 10.3. The van der Waals surface area contributed by atoms with Crippen molar-refractivity contribution in [1.29, 1.82) is 10.5 Å². The fourth-order valence-corrected chi connectivity index (χ4v) is 17.3. The summed E-state index contributed by atoms with van der Waals surface area (Å²) in [7, 11) is 7.91. The minimum Gasteiger partial charge on any atom is -0.509 e. The van der Waals surface area contributed by atoms with Crippen LogP contribution in [0.25, 0.3) is 66.3 Å². The summed E-state index contributed by atoms with van der Waals surface area (Å²) in [5, 5.41) is 20.2. The van der Waals surface area contributed by atoms with Gasteiger partial charge in [0.15, 0.2) is 5.69 Å². The Balaban J connectivity index is 0.000000123. The van der Waals surface area contributed by atoms with E-state index in [1.165, 1.54) is 22.4 Å². The summed E-state index contributed by atoms with van der Waals surface area (Å²) in [6.07, 6.45) is 14.0. The molecule has 0 amide bonds. The Hall–Kier alpha value is -15.5. The molecule has 135 heavy (non-hydrogen) atoms. The molecule has 6 aliphatic heterocycles. The molecule has 24 rings (SSSR count). The zero-order chi connectivity index (χ0) is 90.3. The molecular weight excluding hydrogens is 2220 g/mol. The van der Waals surface area contributed by atoms with Crippen molar-refractivity contribution in [3.63, 3.8) is 0 Å². The third kappa shape index (κ3) is 17.5. The van der Waals surface area contributed by atoms with Gasteiger partial charge in [0, 0.05) is 156 Å². The molecule has 669 valence electrons. The Kier molecular flexibility index (Phi) is 26.3. The molecule has 0 saturated heterocycles. The first-order chi connectivity index (χ1) is 64.5. The van der Waals surface area contributed by atoms with Crippen LogP contribution < -0.4 is 43.9 Å². The second kappa shape index (κ2) is 38.8. The van der Waals surface area contributed by atoms with E-state index in [9.17, 15) is 0 Å². The monoisotopic (exact) mass is 2290 g/mol. The van der Waals surface area contributed by atoms with E-state index in [4.69, 9.17) is 31.8 Å². The van der Waals surface area contributed by atoms with Crippen LogP contribution in [0.4, 0.5) is 80.3 Å². The van der Waals surface area contributed by atoms with Gasteiger partial charge in [0.25, 0.3) is 0 Å². The van der Waals surface area contributed by atoms with E-state index >= 15 is 0 Å². The molecule has 26 heteroatoms. The summed E-state index contributed by atoms with van der Waals surface area (Å²) in [5.74, 6) is 6.81. The van der Waals surface area contributed by atoms with Crippen molar-refractivity contribution in [3.05, 3.63) is 430 Å². The first-order valence-electron chi connectivity index (χ1n) is 42.5. The van der Waals surface area contributed by atoms with Crippen LogP contribution >= 0.6 is 0 Å². The summed E-state index contributed by atoms with van der Waals surface area (Å²) >= 11 is 0. The minimum atomic E-state index is -0.248. The Morgan fingerprint density at radius 1 is 0.444 bits per heavy atom. The van der Waals surface area contributed by atoms with Gasteiger partial charge in [-0.05, 0) is 141 Å². The van der Waals surface area contributed by atoms with Crippen LogP contribution in [-0.4, -0.2) is 82.1 Å². The first kappa shape index (κ1) is 91.4. The first-order valence-corrected chi connectivity index (χ1v) is 42.5. The Labute approximate surface area is 826 Å². The number of nitriles is 2. The molecule has 0 fully saturated rings. The number of ether oxygens (including phenoxy) is 1. The molecule has 0 spiro atoms. The number of para-hydroxylation sites is 4. The number of rotatable bonds is 10. The smallest absolute Gasteiger partial charge is 0.509 e. The SMILES string of the molecule is CC1(C)c2ccc(-c3[c-]cccc3)nc2N2c3nc(-n4[c-]nc5ccccc54)ccc3C(C)(C)c3cccc1c32.CN1[CH-]N(c2[c-]c(Oc3[c-]c4c(cc3)c3ccccc3n4-c3ccccn3)ccc2)C=C1c1ccccn1.CN1[CH-]N(c2[c-]cccn2)c2cc(C#N)ccc21.CN1[CH-]N(c2[c-]cccn2)c2cc(C#N)ccc21.[C-]#[N+]c1ccc2c(c1)N(c1[c-]cccn1)[CH-]N2C.[Ir].[Pt+2].[Pt]. The molecule has 9 aromatic heterocycles. The normalized spacial score (nSPS) is 13.8. The van der Waals surface area contributed by atoms with Crippen LogP contribution in [0.3, 0.4) is 0 Å². The fourth-order valence-electron chi connectivity index (χ4n) is 17.3. The molecule has 6 aliphatic rings. The second-order valence-electron chi connectivity index (χ2n) is 32.7. The van der Waals surface area contributed by atoms with Crippen LogP contribution in [0.15, 0.2) is 310 Å². The molecule has 23 nitrogen and oxygen atoms in total. The molecule has 9 aromatic carbocycles. The Morgan fingerprint density at radius 3 is 1.58 bits per heavy atom. The van der Waals surface area contributed by atoms with Gasteiger partial charge in [-0.2, -0.15) is 67.5 Å². The molecule has 0 bridgehead atoms. The average molecular weight is 2300 g/mol. The molecule has 0 saturated carbocycles. The molecular formula is C109H79IrN22OPt2-9. The number of hydrogen-bond donors (Lipinski definition) is 0. The number of imidazole rings is 1. The number of fused-ring (bicyclic) bond motifs is 11. The van der Waals surface area contributed by atoms with E-state index < -0.39 is 0 Å². The maximum atomic E-state index is 8.98. The van der Waals surface area contributed by atoms with E-state index in [-0.39, 0.29) is 73.1 Å². The quantitative estimate of drug-likeness (QED) is 0.117. The maximum absolute atomic E-state index is 8.98. The van der Waals surface area contributed by atoms with Gasteiger partial charge in [-0.25, -0.2) is 46.2 Å². The van der Waals surface area contributed by atoms with E-state index in [1.807, 2.05) is 299 Å². The summed E-state index contributed by atoms with van der Waals surface area (Å²) in [6, 6.07) is 113. The molecule has 0 unspecified atom stereocenters. The van der Waals surface area contributed by atoms with E-state index in [0.29, 0.717) is 28.3 Å². The zero-order valence-electron chi connectivity index (χ0n) is 74.0. The molecule has 0 atom stereocenters. The van der Waals surface area contributed by atoms with Crippen LogP contribution in [0.1, 0.15) is 66.8 Å². The fraction of sp³-hybridized carbons (Fsp3) is 0.0917.